The molecule has 1 unspecified atom stereocenters. The van der Waals surface area contributed by atoms with E-state index in [1.807, 2.05) is 17.8 Å². The summed E-state index contributed by atoms with van der Waals surface area (Å²) in [5.41, 5.74) is 1.50. The van der Waals surface area contributed by atoms with E-state index in [0.29, 0.717) is 10.1 Å². The van der Waals surface area contributed by atoms with E-state index in [-0.39, 0.29) is 0 Å². The van der Waals surface area contributed by atoms with E-state index in [2.05, 4.69) is 22.2 Å². The van der Waals surface area contributed by atoms with Crippen LogP contribution in [0.4, 0.5) is 0 Å². The smallest absolute Gasteiger partial charge is 0.336 e. The molecule has 1 aliphatic heterocycles. The molecule has 0 aromatic heterocycles. The molecule has 1 aromatic carbocycles. The Kier molecular flexibility index (Phi) is 3.33. The second kappa shape index (κ2) is 4.39. The van der Waals surface area contributed by atoms with Crippen LogP contribution in [0.15, 0.2) is 21.5 Å². The van der Waals surface area contributed by atoms with Gasteiger partial charge in [0.1, 0.15) is 0 Å². The first-order chi connectivity index (χ1) is 7.13. The van der Waals surface area contributed by atoms with Crippen LogP contribution in [-0.2, 0) is 6.42 Å². The molecule has 0 radical (unpaired) electrons. The van der Waals surface area contributed by atoms with Gasteiger partial charge in [0, 0.05) is 9.37 Å². The zero-order valence-electron chi connectivity index (χ0n) is 7.99. The number of thioether (sulfide) groups is 2. The highest BCUT2D eigenvalue weighted by Crippen LogP contribution is 2.45. The first kappa shape index (κ1) is 11.4. The normalized spacial score (nSPS) is 18.9. The predicted molar refractivity (Wildman–Crippen MR) is 68.0 cm³/mol. The van der Waals surface area contributed by atoms with Crippen LogP contribution in [0.5, 0.6) is 0 Å². The summed E-state index contributed by atoms with van der Waals surface area (Å²) in [7, 11) is 0. The Balaban J connectivity index is 2.44. The minimum Gasteiger partial charge on any atom is -0.478 e. The monoisotopic (exact) mass is 304 g/mol. The SMILES string of the molecule is CSC1Cc2c(ccc(C(=O)O)c2Br)S1. The maximum Gasteiger partial charge on any atom is 0.336 e. The van der Waals surface area contributed by atoms with Gasteiger partial charge in [0.2, 0.25) is 0 Å². The fourth-order valence-electron chi connectivity index (χ4n) is 1.55. The third kappa shape index (κ3) is 2.05. The van der Waals surface area contributed by atoms with Crippen molar-refractivity contribution in [3.8, 4) is 0 Å². The molecule has 80 valence electrons. The zero-order valence-corrected chi connectivity index (χ0v) is 11.2. The maximum atomic E-state index is 10.9. The summed E-state index contributed by atoms with van der Waals surface area (Å²) in [6, 6.07) is 3.57. The standard InChI is InChI=1S/C10H9BrO2S2/c1-14-8-4-6-7(15-8)3-2-5(9(6)11)10(12)13/h2-3,8H,4H2,1H3,(H,12,13). The summed E-state index contributed by atoms with van der Waals surface area (Å²) in [5, 5.41) is 8.98. The minimum atomic E-state index is -0.873. The Labute approximate surface area is 105 Å². The second-order valence-electron chi connectivity index (χ2n) is 3.20. The lowest BCUT2D eigenvalue weighted by atomic mass is 10.1. The van der Waals surface area contributed by atoms with Crippen LogP contribution in [0.3, 0.4) is 0 Å². The van der Waals surface area contributed by atoms with Crippen molar-refractivity contribution in [2.75, 3.05) is 6.26 Å². The lowest BCUT2D eigenvalue weighted by Gasteiger charge is -2.04. The van der Waals surface area contributed by atoms with Crippen molar-refractivity contribution in [3.05, 3.63) is 27.7 Å². The van der Waals surface area contributed by atoms with Gasteiger partial charge in [0.15, 0.2) is 0 Å². The van der Waals surface area contributed by atoms with E-state index in [9.17, 15) is 4.79 Å². The maximum absolute atomic E-state index is 10.9. The molecule has 1 aromatic rings. The quantitative estimate of drug-likeness (QED) is 0.907. The van der Waals surface area contributed by atoms with Crippen LogP contribution in [0.1, 0.15) is 15.9 Å². The molecule has 1 N–H and O–H groups in total. The topological polar surface area (TPSA) is 37.3 Å². The number of carboxylic acids is 1. The third-order valence-electron chi connectivity index (χ3n) is 2.32. The summed E-state index contributed by atoms with van der Waals surface area (Å²) in [5.74, 6) is -0.873. The highest BCUT2D eigenvalue weighted by molar-refractivity contribution is 9.10. The molecule has 0 saturated carbocycles. The summed E-state index contributed by atoms with van der Waals surface area (Å²) in [6.07, 6.45) is 3.01. The Bertz CT molecular complexity index is 420. The zero-order chi connectivity index (χ0) is 11.0. The van der Waals surface area contributed by atoms with Crippen molar-refractivity contribution in [2.24, 2.45) is 0 Å². The summed E-state index contributed by atoms with van der Waals surface area (Å²) >= 11 is 7.00. The van der Waals surface area contributed by atoms with Crippen LogP contribution in [0.2, 0.25) is 0 Å². The molecule has 0 aliphatic carbocycles. The molecule has 0 fully saturated rings. The van der Waals surface area contributed by atoms with Gasteiger partial charge in [-0.3, -0.25) is 0 Å². The van der Waals surface area contributed by atoms with Crippen LogP contribution < -0.4 is 0 Å². The van der Waals surface area contributed by atoms with E-state index in [4.69, 9.17) is 5.11 Å². The number of halogens is 1. The van der Waals surface area contributed by atoms with Gasteiger partial charge in [-0.05, 0) is 46.3 Å². The summed E-state index contributed by atoms with van der Waals surface area (Å²) in [6.45, 7) is 0. The molecule has 2 rings (SSSR count). The molecular formula is C10H9BrO2S2. The average Bonchev–Trinajstić information content (AvgIpc) is 2.61. The number of fused-ring (bicyclic) bond motifs is 1. The number of hydrogen-bond acceptors (Lipinski definition) is 3. The largest absolute Gasteiger partial charge is 0.478 e. The van der Waals surface area contributed by atoms with E-state index >= 15 is 0 Å². The molecule has 15 heavy (non-hydrogen) atoms. The Morgan fingerprint density at radius 1 is 1.67 bits per heavy atom. The summed E-state index contributed by atoms with van der Waals surface area (Å²) < 4.78 is 1.26. The van der Waals surface area contributed by atoms with Gasteiger partial charge in [-0.25, -0.2) is 4.79 Å². The molecule has 5 heteroatoms. The molecule has 1 atom stereocenters. The highest BCUT2D eigenvalue weighted by atomic mass is 79.9. The fraction of sp³-hybridized carbons (Fsp3) is 0.300. The van der Waals surface area contributed by atoms with Gasteiger partial charge < -0.3 is 5.11 Å². The van der Waals surface area contributed by atoms with Crippen LogP contribution in [0, 0.1) is 0 Å². The van der Waals surface area contributed by atoms with E-state index in [0.717, 1.165) is 16.5 Å². The van der Waals surface area contributed by atoms with Gasteiger partial charge >= 0.3 is 5.97 Å². The highest BCUT2D eigenvalue weighted by Gasteiger charge is 2.25. The van der Waals surface area contributed by atoms with Crippen molar-refractivity contribution in [3.63, 3.8) is 0 Å². The first-order valence-corrected chi connectivity index (χ1v) is 7.33. The molecule has 1 aliphatic rings. The van der Waals surface area contributed by atoms with Gasteiger partial charge in [-0.1, -0.05) is 0 Å². The molecule has 0 saturated heterocycles. The van der Waals surface area contributed by atoms with Crippen molar-refractivity contribution in [1.82, 2.24) is 0 Å². The number of aromatic carboxylic acids is 1. The predicted octanol–water partition coefficient (Wildman–Crippen LogP) is 3.48. The molecule has 2 nitrogen and oxygen atoms in total. The number of benzene rings is 1. The van der Waals surface area contributed by atoms with Crippen molar-refractivity contribution >= 4 is 45.4 Å². The number of hydrogen-bond donors (Lipinski definition) is 1. The Morgan fingerprint density at radius 3 is 3.00 bits per heavy atom. The van der Waals surface area contributed by atoms with Gasteiger partial charge in [-0.15, -0.1) is 11.8 Å². The average molecular weight is 305 g/mol. The summed E-state index contributed by atoms with van der Waals surface area (Å²) in [4.78, 5) is 12.1. The molecule has 0 bridgehead atoms. The van der Waals surface area contributed by atoms with E-state index < -0.39 is 5.97 Å². The lowest BCUT2D eigenvalue weighted by molar-refractivity contribution is 0.0695. The minimum absolute atomic E-state index is 0.358. The third-order valence-corrected chi connectivity index (χ3v) is 5.85. The van der Waals surface area contributed by atoms with Crippen molar-refractivity contribution < 1.29 is 9.90 Å². The van der Waals surface area contributed by atoms with Crippen molar-refractivity contribution in [2.45, 2.75) is 15.9 Å². The first-order valence-electron chi connectivity index (χ1n) is 4.37. The van der Waals surface area contributed by atoms with Gasteiger partial charge in [0.25, 0.3) is 0 Å². The Hall–Kier alpha value is -0.130. The molecular weight excluding hydrogens is 296 g/mol. The van der Waals surface area contributed by atoms with E-state index in [1.165, 1.54) is 4.90 Å². The number of rotatable bonds is 2. The van der Waals surface area contributed by atoms with Gasteiger partial charge in [0.05, 0.1) is 10.1 Å². The number of carbonyl (C=O) groups is 1. The fourth-order valence-corrected chi connectivity index (χ4v) is 4.40. The molecule has 0 spiro atoms. The molecule has 0 amide bonds. The van der Waals surface area contributed by atoms with Crippen LogP contribution in [0.25, 0.3) is 0 Å². The van der Waals surface area contributed by atoms with Gasteiger partial charge in [-0.2, -0.15) is 11.8 Å². The number of carboxylic acid groups (broad SMARTS) is 1. The molecule has 1 heterocycles. The lowest BCUT2D eigenvalue weighted by Crippen LogP contribution is -2.00. The van der Waals surface area contributed by atoms with Crippen LogP contribution in [-0.4, -0.2) is 21.9 Å². The second-order valence-corrected chi connectivity index (χ2v) is 6.57. The Morgan fingerprint density at radius 2 is 2.40 bits per heavy atom. The van der Waals surface area contributed by atoms with Crippen molar-refractivity contribution in [1.29, 1.82) is 0 Å². The van der Waals surface area contributed by atoms with E-state index in [1.54, 1.807) is 17.8 Å². The van der Waals surface area contributed by atoms with Crippen LogP contribution >= 0.6 is 39.5 Å².